The van der Waals surface area contributed by atoms with Crippen LogP contribution in [0.4, 0.5) is 0 Å². The minimum absolute atomic E-state index is 0. The maximum atomic E-state index is 11.3. The van der Waals surface area contributed by atoms with Crippen LogP contribution in [0.15, 0.2) is 45.0 Å². The second-order valence-electron chi connectivity index (χ2n) is 4.23. The number of fused-ring (bicyclic) bond motifs is 1. The standard InChI is InChI=1S/C10H8O9S3.3ClH/c11-20(12,13)7-1-2-9-6(3-7)4-8(21(14,15)16)5-10(9)22(17,18)19;;;/h1-5H,(H,11,12,13)(H,14,15,16)(H,17,18,19);3*1H. The summed E-state index contributed by atoms with van der Waals surface area (Å²) in [5.74, 6) is 0. The van der Waals surface area contributed by atoms with E-state index in [2.05, 4.69) is 0 Å². The Labute approximate surface area is 161 Å². The van der Waals surface area contributed by atoms with Crippen LogP contribution in [-0.4, -0.2) is 38.9 Å². The number of hydrogen-bond donors (Lipinski definition) is 3. The number of benzene rings is 2. The molecular formula is C10H11Cl3O9S3. The summed E-state index contributed by atoms with van der Waals surface area (Å²) in [5, 5.41) is -0.430. The Morgan fingerprint density at radius 1 is 0.600 bits per heavy atom. The first kappa shape index (κ1) is 26.5. The third-order valence-corrected chi connectivity index (χ3v) is 5.31. The predicted molar refractivity (Wildman–Crippen MR) is 95.1 cm³/mol. The van der Waals surface area contributed by atoms with Gasteiger partial charge in [0, 0.05) is 5.39 Å². The minimum atomic E-state index is -4.85. The highest BCUT2D eigenvalue weighted by atomic mass is 35.5. The maximum absolute atomic E-state index is 11.3. The van der Waals surface area contributed by atoms with Crippen LogP contribution in [0.5, 0.6) is 0 Å². The fourth-order valence-corrected chi connectivity index (χ4v) is 3.68. The van der Waals surface area contributed by atoms with E-state index in [1.807, 2.05) is 0 Å². The van der Waals surface area contributed by atoms with Crippen LogP contribution in [0, 0.1) is 0 Å². The quantitative estimate of drug-likeness (QED) is 0.559. The van der Waals surface area contributed by atoms with Gasteiger partial charge in [-0.05, 0) is 29.7 Å². The third-order valence-electron chi connectivity index (χ3n) is 2.73. The molecule has 0 saturated carbocycles. The molecule has 0 aliphatic heterocycles. The summed E-state index contributed by atoms with van der Waals surface area (Å²) in [5.41, 5.74) is 0. The summed E-state index contributed by atoms with van der Waals surface area (Å²) in [7, 11) is -14.3. The molecule has 0 atom stereocenters. The van der Waals surface area contributed by atoms with Crippen molar-refractivity contribution >= 4 is 78.3 Å². The van der Waals surface area contributed by atoms with Crippen molar-refractivity contribution in [3.63, 3.8) is 0 Å². The molecule has 0 aliphatic carbocycles. The number of hydrogen-bond acceptors (Lipinski definition) is 6. The molecule has 2 aromatic rings. The van der Waals surface area contributed by atoms with Crippen molar-refractivity contribution < 1.29 is 38.9 Å². The molecule has 0 heterocycles. The van der Waals surface area contributed by atoms with Gasteiger partial charge in [0.05, 0.1) is 9.79 Å². The summed E-state index contributed by atoms with van der Waals surface area (Å²) in [6, 6.07) is 3.97. The summed E-state index contributed by atoms with van der Waals surface area (Å²) >= 11 is 0. The van der Waals surface area contributed by atoms with E-state index in [1.54, 1.807) is 0 Å². The monoisotopic (exact) mass is 476 g/mol. The SMILES string of the molecule is Cl.Cl.Cl.O=S(=O)(O)c1ccc2c(S(=O)(=O)O)cc(S(=O)(=O)O)cc2c1. The highest BCUT2D eigenvalue weighted by molar-refractivity contribution is 7.87. The van der Waals surface area contributed by atoms with Gasteiger partial charge >= 0.3 is 0 Å². The van der Waals surface area contributed by atoms with E-state index >= 15 is 0 Å². The zero-order chi connectivity index (χ0) is 16.9. The summed E-state index contributed by atoms with van der Waals surface area (Å²) < 4.78 is 94.1. The first-order valence-electron chi connectivity index (χ1n) is 5.30. The second kappa shape index (κ2) is 8.33. The number of rotatable bonds is 3. The van der Waals surface area contributed by atoms with Crippen LogP contribution in [0.1, 0.15) is 0 Å². The van der Waals surface area contributed by atoms with Gasteiger partial charge < -0.3 is 0 Å². The highest BCUT2D eigenvalue weighted by Crippen LogP contribution is 2.29. The molecule has 0 amide bonds. The zero-order valence-corrected chi connectivity index (χ0v) is 16.5. The molecule has 25 heavy (non-hydrogen) atoms. The lowest BCUT2D eigenvalue weighted by Gasteiger charge is -2.08. The summed E-state index contributed by atoms with van der Waals surface area (Å²) in [4.78, 5) is -2.31. The van der Waals surface area contributed by atoms with Gasteiger partial charge in [-0.3, -0.25) is 13.7 Å². The van der Waals surface area contributed by atoms with Gasteiger partial charge in [-0.25, -0.2) is 0 Å². The first-order chi connectivity index (χ1) is 9.80. The van der Waals surface area contributed by atoms with Gasteiger partial charge in [0.15, 0.2) is 0 Å². The van der Waals surface area contributed by atoms with Crippen molar-refractivity contribution in [1.29, 1.82) is 0 Å². The highest BCUT2D eigenvalue weighted by Gasteiger charge is 2.21. The Morgan fingerprint density at radius 3 is 1.44 bits per heavy atom. The molecule has 0 aliphatic rings. The van der Waals surface area contributed by atoms with Crippen molar-refractivity contribution in [3.05, 3.63) is 30.3 Å². The van der Waals surface area contributed by atoms with Crippen molar-refractivity contribution in [2.24, 2.45) is 0 Å². The molecule has 3 N–H and O–H groups in total. The zero-order valence-electron chi connectivity index (χ0n) is 11.6. The van der Waals surface area contributed by atoms with Crippen molar-refractivity contribution in [1.82, 2.24) is 0 Å². The predicted octanol–water partition coefficient (Wildman–Crippen LogP) is 1.85. The Morgan fingerprint density at radius 2 is 1.04 bits per heavy atom. The van der Waals surface area contributed by atoms with Crippen LogP contribution in [0.2, 0.25) is 0 Å². The minimum Gasteiger partial charge on any atom is -0.282 e. The normalized spacial score (nSPS) is 11.8. The van der Waals surface area contributed by atoms with E-state index < -0.39 is 45.0 Å². The Balaban J connectivity index is 0. The van der Waals surface area contributed by atoms with Crippen LogP contribution in [-0.2, 0) is 30.4 Å². The molecular weight excluding hydrogens is 467 g/mol. The van der Waals surface area contributed by atoms with E-state index in [0.29, 0.717) is 6.07 Å². The van der Waals surface area contributed by atoms with Gasteiger partial charge in [-0.2, -0.15) is 25.3 Å². The van der Waals surface area contributed by atoms with Crippen LogP contribution in [0.3, 0.4) is 0 Å². The smallest absolute Gasteiger partial charge is 0.282 e. The van der Waals surface area contributed by atoms with Gasteiger partial charge in [0.2, 0.25) is 0 Å². The molecule has 0 spiro atoms. The van der Waals surface area contributed by atoms with Gasteiger partial charge in [-0.15, -0.1) is 37.2 Å². The first-order valence-corrected chi connectivity index (χ1v) is 9.62. The largest absolute Gasteiger partial charge is 0.295 e. The molecule has 0 aromatic heterocycles. The van der Waals surface area contributed by atoms with Crippen molar-refractivity contribution in [3.8, 4) is 0 Å². The fraction of sp³-hybridized carbons (Fsp3) is 0. The van der Waals surface area contributed by atoms with Gasteiger partial charge in [0.25, 0.3) is 30.4 Å². The van der Waals surface area contributed by atoms with Crippen LogP contribution >= 0.6 is 37.2 Å². The average Bonchev–Trinajstić information content (AvgIpc) is 2.33. The van der Waals surface area contributed by atoms with E-state index in [1.165, 1.54) is 0 Å². The fourth-order valence-electron chi connectivity index (χ4n) is 1.81. The molecule has 15 heteroatoms. The summed E-state index contributed by atoms with van der Waals surface area (Å²) in [6.45, 7) is 0. The Bertz CT molecular complexity index is 1090. The van der Waals surface area contributed by atoms with E-state index in [-0.39, 0.29) is 48.0 Å². The molecule has 0 saturated heterocycles. The van der Waals surface area contributed by atoms with Crippen molar-refractivity contribution in [2.75, 3.05) is 0 Å². The van der Waals surface area contributed by atoms with Crippen LogP contribution < -0.4 is 0 Å². The molecule has 0 unspecified atom stereocenters. The lowest BCUT2D eigenvalue weighted by molar-refractivity contribution is 0.480. The molecule has 0 bridgehead atoms. The average molecular weight is 478 g/mol. The second-order valence-corrected chi connectivity index (χ2v) is 8.46. The molecule has 0 radical (unpaired) electrons. The van der Waals surface area contributed by atoms with Gasteiger partial charge in [0.1, 0.15) is 4.90 Å². The third kappa shape index (κ3) is 5.91. The lowest BCUT2D eigenvalue weighted by Crippen LogP contribution is -2.05. The molecule has 144 valence electrons. The Hall–Kier alpha value is -0.700. The van der Waals surface area contributed by atoms with Crippen LogP contribution in [0.25, 0.3) is 10.8 Å². The molecule has 2 rings (SSSR count). The maximum Gasteiger partial charge on any atom is 0.295 e. The Kier molecular flexibility index (Phi) is 8.84. The summed E-state index contributed by atoms with van der Waals surface area (Å²) in [6.07, 6.45) is 0. The molecule has 0 fully saturated rings. The lowest BCUT2D eigenvalue weighted by atomic mass is 10.1. The van der Waals surface area contributed by atoms with Crippen molar-refractivity contribution in [2.45, 2.75) is 14.7 Å². The number of halogens is 3. The van der Waals surface area contributed by atoms with Gasteiger partial charge in [-0.1, -0.05) is 6.07 Å². The van der Waals surface area contributed by atoms with E-state index in [9.17, 15) is 25.3 Å². The van der Waals surface area contributed by atoms with E-state index in [4.69, 9.17) is 13.7 Å². The van der Waals surface area contributed by atoms with E-state index in [0.717, 1.165) is 24.3 Å². The molecule has 2 aromatic carbocycles. The topological polar surface area (TPSA) is 163 Å². The molecule has 9 nitrogen and oxygen atoms in total.